The average molecular weight is 301 g/mol. The molecule has 5 nitrogen and oxygen atoms in total. The van der Waals surface area contributed by atoms with E-state index < -0.39 is 10.3 Å². The topological polar surface area (TPSA) is 67.4 Å². The number of halogens is 2. The minimum Gasteiger partial charge on any atom is -0.482 e. The summed E-state index contributed by atoms with van der Waals surface area (Å²) in [4.78, 5) is 23.0. The van der Waals surface area contributed by atoms with Crippen LogP contribution in [-0.2, 0) is 9.59 Å². The SMILES string of the molecule is O=C1COc2ccc(NC(=O)C3CC3(Cl)Cl)cc2N1. The molecule has 0 bridgehead atoms. The van der Waals surface area contributed by atoms with Gasteiger partial charge in [-0.2, -0.15) is 0 Å². The van der Waals surface area contributed by atoms with Crippen LogP contribution in [0.15, 0.2) is 18.2 Å². The van der Waals surface area contributed by atoms with Gasteiger partial charge in [0.25, 0.3) is 5.91 Å². The normalized spacial score (nSPS) is 22.8. The van der Waals surface area contributed by atoms with Crippen molar-refractivity contribution < 1.29 is 14.3 Å². The first-order chi connectivity index (χ1) is 8.95. The largest absolute Gasteiger partial charge is 0.482 e. The zero-order valence-corrected chi connectivity index (χ0v) is 11.2. The van der Waals surface area contributed by atoms with E-state index >= 15 is 0 Å². The van der Waals surface area contributed by atoms with E-state index in [4.69, 9.17) is 27.9 Å². The Labute approximate surface area is 119 Å². The van der Waals surface area contributed by atoms with Gasteiger partial charge >= 0.3 is 0 Å². The number of hydrogen-bond acceptors (Lipinski definition) is 3. The predicted molar refractivity (Wildman–Crippen MR) is 71.7 cm³/mol. The maximum absolute atomic E-state index is 11.8. The van der Waals surface area contributed by atoms with Gasteiger partial charge in [0.1, 0.15) is 10.1 Å². The minimum absolute atomic E-state index is 0.00178. The van der Waals surface area contributed by atoms with Gasteiger partial charge in [0.15, 0.2) is 6.61 Å². The number of amides is 2. The molecule has 0 aromatic heterocycles. The summed E-state index contributed by atoms with van der Waals surface area (Å²) in [6, 6.07) is 5.02. The van der Waals surface area contributed by atoms with Crippen molar-refractivity contribution >= 4 is 46.4 Å². The molecule has 2 amide bonds. The van der Waals surface area contributed by atoms with Gasteiger partial charge in [0.2, 0.25) is 5.91 Å². The molecule has 19 heavy (non-hydrogen) atoms. The van der Waals surface area contributed by atoms with Gasteiger partial charge in [-0.25, -0.2) is 0 Å². The van der Waals surface area contributed by atoms with Crippen molar-refractivity contribution in [1.82, 2.24) is 0 Å². The van der Waals surface area contributed by atoms with Crippen LogP contribution in [0, 0.1) is 5.92 Å². The monoisotopic (exact) mass is 300 g/mol. The standard InChI is InChI=1S/C12H10Cl2N2O3/c13-12(14)4-7(12)11(18)15-6-1-2-9-8(3-6)16-10(17)5-19-9/h1-3,7H,4-5H2,(H,15,18)(H,16,17). The molecule has 1 heterocycles. The molecule has 1 aromatic carbocycles. The first kappa shape index (κ1) is 12.6. The van der Waals surface area contributed by atoms with E-state index in [0.717, 1.165) is 0 Å². The first-order valence-electron chi connectivity index (χ1n) is 5.71. The maximum Gasteiger partial charge on any atom is 0.262 e. The lowest BCUT2D eigenvalue weighted by Gasteiger charge is -2.18. The second kappa shape index (κ2) is 4.28. The number of carbonyl (C=O) groups excluding carboxylic acids is 2. The van der Waals surface area contributed by atoms with Crippen LogP contribution < -0.4 is 15.4 Å². The third-order valence-corrected chi connectivity index (χ3v) is 3.86. The Balaban J connectivity index is 1.74. The third-order valence-electron chi connectivity index (χ3n) is 3.02. The molecule has 1 atom stereocenters. The van der Waals surface area contributed by atoms with E-state index in [1.165, 1.54) is 0 Å². The summed E-state index contributed by atoms with van der Waals surface area (Å²) in [7, 11) is 0. The molecule has 1 aliphatic heterocycles. The van der Waals surface area contributed by atoms with E-state index in [2.05, 4.69) is 10.6 Å². The van der Waals surface area contributed by atoms with Crippen LogP contribution >= 0.6 is 23.2 Å². The van der Waals surface area contributed by atoms with Crippen molar-refractivity contribution in [3.63, 3.8) is 0 Å². The molecular formula is C12H10Cl2N2O3. The zero-order chi connectivity index (χ0) is 13.6. The zero-order valence-electron chi connectivity index (χ0n) is 9.70. The predicted octanol–water partition coefficient (Wildman–Crippen LogP) is 2.15. The molecule has 0 radical (unpaired) electrons. The van der Waals surface area contributed by atoms with E-state index in [1.807, 2.05) is 0 Å². The fourth-order valence-electron chi connectivity index (χ4n) is 1.89. The molecule has 3 rings (SSSR count). The molecule has 2 aliphatic rings. The van der Waals surface area contributed by atoms with Crippen molar-refractivity contribution in [2.45, 2.75) is 10.8 Å². The number of carbonyl (C=O) groups is 2. The smallest absolute Gasteiger partial charge is 0.262 e. The number of anilines is 2. The molecular weight excluding hydrogens is 291 g/mol. The molecule has 2 N–H and O–H groups in total. The number of hydrogen-bond donors (Lipinski definition) is 2. The van der Waals surface area contributed by atoms with Crippen molar-refractivity contribution in [2.24, 2.45) is 5.92 Å². The summed E-state index contributed by atoms with van der Waals surface area (Å²) in [5.41, 5.74) is 1.10. The molecule has 1 aromatic rings. The summed E-state index contributed by atoms with van der Waals surface area (Å²) in [5.74, 6) is -0.266. The number of alkyl halides is 2. The number of fused-ring (bicyclic) bond motifs is 1. The van der Waals surface area contributed by atoms with E-state index in [-0.39, 0.29) is 18.4 Å². The second-order valence-electron chi connectivity index (χ2n) is 4.55. The quantitative estimate of drug-likeness (QED) is 0.823. The van der Waals surface area contributed by atoms with Crippen LogP contribution in [0.2, 0.25) is 0 Å². The molecule has 1 fully saturated rings. The van der Waals surface area contributed by atoms with Crippen molar-refractivity contribution in [1.29, 1.82) is 0 Å². The fourth-order valence-corrected chi connectivity index (χ4v) is 2.39. The highest BCUT2D eigenvalue weighted by molar-refractivity contribution is 6.52. The van der Waals surface area contributed by atoms with Crippen molar-refractivity contribution in [3.05, 3.63) is 18.2 Å². The van der Waals surface area contributed by atoms with Gasteiger partial charge in [0.05, 0.1) is 11.6 Å². The number of rotatable bonds is 2. The van der Waals surface area contributed by atoms with Gasteiger partial charge in [-0.1, -0.05) is 0 Å². The highest BCUT2D eigenvalue weighted by Crippen LogP contribution is 2.53. The highest BCUT2D eigenvalue weighted by Gasteiger charge is 2.56. The molecule has 1 saturated carbocycles. The lowest BCUT2D eigenvalue weighted by atomic mass is 10.2. The number of nitrogens with one attached hydrogen (secondary N) is 2. The maximum atomic E-state index is 11.8. The molecule has 1 unspecified atom stereocenters. The van der Waals surface area contributed by atoms with Gasteiger partial charge in [-0.15, -0.1) is 23.2 Å². The van der Waals surface area contributed by atoms with Crippen LogP contribution in [-0.4, -0.2) is 22.8 Å². The Bertz CT molecular complexity index is 574. The van der Waals surface area contributed by atoms with Crippen LogP contribution in [0.3, 0.4) is 0 Å². The van der Waals surface area contributed by atoms with E-state index in [0.29, 0.717) is 23.5 Å². The molecule has 1 aliphatic carbocycles. The summed E-state index contributed by atoms with van der Waals surface area (Å²) < 4.78 is 4.27. The Hall–Kier alpha value is -1.46. The van der Waals surface area contributed by atoms with Gasteiger partial charge in [-0.05, 0) is 24.6 Å². The van der Waals surface area contributed by atoms with Crippen LogP contribution in [0.25, 0.3) is 0 Å². The van der Waals surface area contributed by atoms with Gasteiger partial charge < -0.3 is 15.4 Å². The van der Waals surface area contributed by atoms with Gasteiger partial charge in [0, 0.05) is 5.69 Å². The summed E-state index contributed by atoms with van der Waals surface area (Å²) in [6.07, 6.45) is 0.451. The number of benzene rings is 1. The number of ether oxygens (including phenoxy) is 1. The lowest BCUT2D eigenvalue weighted by Crippen LogP contribution is -2.25. The van der Waals surface area contributed by atoms with E-state index in [1.54, 1.807) is 18.2 Å². The van der Waals surface area contributed by atoms with Crippen LogP contribution in [0.4, 0.5) is 11.4 Å². The first-order valence-corrected chi connectivity index (χ1v) is 6.47. The molecule has 0 saturated heterocycles. The van der Waals surface area contributed by atoms with Crippen molar-refractivity contribution in [2.75, 3.05) is 17.2 Å². The third kappa shape index (κ3) is 2.48. The minimum atomic E-state index is -0.949. The van der Waals surface area contributed by atoms with Crippen LogP contribution in [0.5, 0.6) is 5.75 Å². The molecule has 100 valence electrons. The Morgan fingerprint density at radius 3 is 2.89 bits per heavy atom. The Morgan fingerprint density at radius 1 is 1.47 bits per heavy atom. The van der Waals surface area contributed by atoms with E-state index in [9.17, 15) is 9.59 Å². The second-order valence-corrected chi connectivity index (χ2v) is 6.10. The summed E-state index contributed by atoms with van der Waals surface area (Å²) in [6.45, 7) is 0.00178. The summed E-state index contributed by atoms with van der Waals surface area (Å²) in [5, 5.41) is 5.38. The molecule has 0 spiro atoms. The Morgan fingerprint density at radius 2 is 2.21 bits per heavy atom. The van der Waals surface area contributed by atoms with Crippen LogP contribution in [0.1, 0.15) is 6.42 Å². The van der Waals surface area contributed by atoms with Crippen molar-refractivity contribution in [3.8, 4) is 5.75 Å². The summed E-state index contributed by atoms with van der Waals surface area (Å²) >= 11 is 11.7. The fraction of sp³-hybridized carbons (Fsp3) is 0.333. The molecule has 7 heteroatoms. The average Bonchev–Trinajstić information content (AvgIpc) is 2.98. The van der Waals surface area contributed by atoms with Gasteiger partial charge in [-0.3, -0.25) is 9.59 Å². The Kier molecular flexibility index (Phi) is 2.83. The lowest BCUT2D eigenvalue weighted by molar-refractivity contribution is -0.118. The highest BCUT2D eigenvalue weighted by atomic mass is 35.5.